The van der Waals surface area contributed by atoms with Crippen molar-refractivity contribution in [3.63, 3.8) is 0 Å². The highest BCUT2D eigenvalue weighted by molar-refractivity contribution is 7.88. The van der Waals surface area contributed by atoms with Gasteiger partial charge in [-0.2, -0.15) is 0 Å². The van der Waals surface area contributed by atoms with Gasteiger partial charge in [0, 0.05) is 42.5 Å². The van der Waals surface area contributed by atoms with E-state index in [1.54, 1.807) is 23.5 Å². The predicted octanol–water partition coefficient (Wildman–Crippen LogP) is 3.28. The molecule has 5 nitrogen and oxygen atoms in total. The molecule has 2 aliphatic rings. The number of nitrogens with zero attached hydrogens (tertiary/aromatic N) is 2. The third-order valence-corrected chi connectivity index (χ3v) is 7.48. The number of nitrogens with one attached hydrogen (secondary N) is 1. The fourth-order valence-corrected chi connectivity index (χ4v) is 5.84. The third kappa shape index (κ3) is 4.79. The van der Waals surface area contributed by atoms with Crippen molar-refractivity contribution in [1.29, 1.82) is 0 Å². The van der Waals surface area contributed by atoms with E-state index in [0.717, 1.165) is 48.1 Å². The Labute approximate surface area is 170 Å². The van der Waals surface area contributed by atoms with Gasteiger partial charge in [-0.3, -0.25) is 4.90 Å². The topological polar surface area (TPSA) is 62.3 Å². The number of rotatable bonds is 7. The second kappa shape index (κ2) is 8.18. The maximum atomic E-state index is 13.2. The molecule has 1 N–H and O–H groups in total. The molecule has 1 aliphatic carbocycles. The lowest BCUT2D eigenvalue weighted by Crippen LogP contribution is -2.47. The summed E-state index contributed by atoms with van der Waals surface area (Å²) >= 11 is 1.55. The van der Waals surface area contributed by atoms with Crippen LogP contribution in [0.3, 0.4) is 0 Å². The second-order valence-corrected chi connectivity index (χ2v) is 10.6. The number of thiazole rings is 1. The van der Waals surface area contributed by atoms with Crippen LogP contribution >= 0.6 is 11.3 Å². The molecule has 1 aromatic carbocycles. The molecule has 2 fully saturated rings. The lowest BCUT2D eigenvalue weighted by Gasteiger charge is -2.34. The first kappa shape index (κ1) is 19.9. The summed E-state index contributed by atoms with van der Waals surface area (Å²) < 4.78 is 39.6. The molecule has 152 valence electrons. The predicted molar refractivity (Wildman–Crippen MR) is 110 cm³/mol. The SMILES string of the molecule is CS(=O)(=O)NC1CCN(CC2CCC2)C1Cc1csc(-c2ccc(F)cc2)n1. The minimum atomic E-state index is -3.25. The van der Waals surface area contributed by atoms with Crippen molar-refractivity contribution in [3.05, 3.63) is 41.2 Å². The Morgan fingerprint density at radius 3 is 2.64 bits per heavy atom. The summed E-state index contributed by atoms with van der Waals surface area (Å²) in [6.07, 6.45) is 6.64. The van der Waals surface area contributed by atoms with E-state index in [2.05, 4.69) is 9.62 Å². The van der Waals surface area contributed by atoms with Crippen LogP contribution in [-0.2, 0) is 16.4 Å². The fourth-order valence-electron chi connectivity index (χ4n) is 4.18. The first-order valence-electron chi connectivity index (χ1n) is 9.79. The van der Waals surface area contributed by atoms with Gasteiger partial charge in [-0.05, 0) is 49.4 Å². The van der Waals surface area contributed by atoms with E-state index in [1.807, 2.05) is 5.38 Å². The quantitative estimate of drug-likeness (QED) is 0.742. The van der Waals surface area contributed by atoms with Gasteiger partial charge in [-0.25, -0.2) is 22.5 Å². The number of hydrogen-bond donors (Lipinski definition) is 1. The van der Waals surface area contributed by atoms with E-state index in [0.29, 0.717) is 0 Å². The highest BCUT2D eigenvalue weighted by Gasteiger charge is 2.37. The average molecular weight is 424 g/mol. The maximum Gasteiger partial charge on any atom is 0.209 e. The van der Waals surface area contributed by atoms with Crippen molar-refractivity contribution in [2.24, 2.45) is 5.92 Å². The summed E-state index contributed by atoms with van der Waals surface area (Å²) in [5.41, 5.74) is 1.87. The van der Waals surface area contributed by atoms with Crippen LogP contribution in [0.15, 0.2) is 29.6 Å². The van der Waals surface area contributed by atoms with Gasteiger partial charge in [0.1, 0.15) is 10.8 Å². The van der Waals surface area contributed by atoms with Crippen LogP contribution in [0.2, 0.25) is 0 Å². The monoisotopic (exact) mass is 423 g/mol. The lowest BCUT2D eigenvalue weighted by molar-refractivity contribution is 0.159. The van der Waals surface area contributed by atoms with Crippen molar-refractivity contribution < 1.29 is 12.8 Å². The van der Waals surface area contributed by atoms with E-state index >= 15 is 0 Å². The smallest absolute Gasteiger partial charge is 0.209 e. The normalized spacial score (nSPS) is 23.8. The second-order valence-electron chi connectivity index (χ2n) is 8.00. The van der Waals surface area contributed by atoms with E-state index in [4.69, 9.17) is 4.98 Å². The van der Waals surface area contributed by atoms with Crippen LogP contribution in [0.5, 0.6) is 0 Å². The summed E-state index contributed by atoms with van der Waals surface area (Å²) in [5, 5.41) is 2.90. The standard InChI is InChI=1S/C20H26FN3O2S2/c1-28(25,26)23-18-9-10-24(12-14-3-2-4-14)19(18)11-17-13-27-20(22-17)15-5-7-16(21)8-6-15/h5-8,13-14,18-19,23H,2-4,9-12H2,1H3. The summed E-state index contributed by atoms with van der Waals surface area (Å²) in [7, 11) is -3.25. The summed E-state index contributed by atoms with van der Waals surface area (Å²) in [4.78, 5) is 7.19. The van der Waals surface area contributed by atoms with Gasteiger partial charge in [0.25, 0.3) is 0 Å². The van der Waals surface area contributed by atoms with E-state index in [1.165, 1.54) is 37.7 Å². The van der Waals surface area contributed by atoms with Gasteiger partial charge in [0.15, 0.2) is 0 Å². The van der Waals surface area contributed by atoms with Crippen LogP contribution in [0.25, 0.3) is 10.6 Å². The molecule has 1 aromatic heterocycles. The van der Waals surface area contributed by atoms with E-state index in [-0.39, 0.29) is 17.9 Å². The Morgan fingerprint density at radius 2 is 2.00 bits per heavy atom. The summed E-state index contributed by atoms with van der Waals surface area (Å²) in [5.74, 6) is 0.484. The van der Waals surface area contributed by atoms with Crippen LogP contribution < -0.4 is 4.72 Å². The van der Waals surface area contributed by atoms with Gasteiger partial charge >= 0.3 is 0 Å². The Morgan fingerprint density at radius 1 is 1.25 bits per heavy atom. The van der Waals surface area contributed by atoms with Gasteiger partial charge in [-0.15, -0.1) is 11.3 Å². The Balaban J connectivity index is 1.50. The number of aromatic nitrogens is 1. The number of sulfonamides is 1. The summed E-state index contributed by atoms with van der Waals surface area (Å²) in [6, 6.07) is 6.42. The molecule has 2 aromatic rings. The fraction of sp³-hybridized carbons (Fsp3) is 0.550. The van der Waals surface area contributed by atoms with Crippen LogP contribution in [-0.4, -0.2) is 49.7 Å². The van der Waals surface area contributed by atoms with Gasteiger partial charge < -0.3 is 0 Å². The van der Waals surface area contributed by atoms with Gasteiger partial charge in [0.2, 0.25) is 10.0 Å². The largest absolute Gasteiger partial charge is 0.298 e. The molecule has 4 rings (SSSR count). The minimum Gasteiger partial charge on any atom is -0.298 e. The minimum absolute atomic E-state index is 0.0777. The molecule has 8 heteroatoms. The first-order valence-corrected chi connectivity index (χ1v) is 12.6. The van der Waals surface area contributed by atoms with Crippen LogP contribution in [0, 0.1) is 11.7 Å². The van der Waals surface area contributed by atoms with Gasteiger partial charge in [0.05, 0.1) is 11.9 Å². The van der Waals surface area contributed by atoms with Crippen molar-refractivity contribution in [3.8, 4) is 10.6 Å². The van der Waals surface area contributed by atoms with Crippen molar-refractivity contribution in [2.45, 2.75) is 44.2 Å². The highest BCUT2D eigenvalue weighted by Crippen LogP contribution is 2.32. The Hall–Kier alpha value is -1.35. The number of hydrogen-bond acceptors (Lipinski definition) is 5. The Bertz CT molecular complexity index is 910. The average Bonchev–Trinajstić information content (AvgIpc) is 3.19. The zero-order chi connectivity index (χ0) is 19.7. The molecule has 1 saturated heterocycles. The molecule has 1 aliphatic heterocycles. The zero-order valence-corrected chi connectivity index (χ0v) is 17.6. The molecule has 0 bridgehead atoms. The molecule has 0 amide bonds. The zero-order valence-electron chi connectivity index (χ0n) is 16.0. The molecule has 1 saturated carbocycles. The molecule has 2 atom stereocenters. The van der Waals surface area contributed by atoms with Crippen molar-refractivity contribution in [1.82, 2.24) is 14.6 Å². The van der Waals surface area contributed by atoms with Gasteiger partial charge in [-0.1, -0.05) is 6.42 Å². The third-order valence-electron chi connectivity index (χ3n) is 5.80. The van der Waals surface area contributed by atoms with Crippen LogP contribution in [0.4, 0.5) is 4.39 Å². The number of halogens is 1. The molecule has 0 radical (unpaired) electrons. The van der Waals surface area contributed by atoms with E-state index in [9.17, 15) is 12.8 Å². The summed E-state index contributed by atoms with van der Waals surface area (Å²) in [6.45, 7) is 1.96. The van der Waals surface area contributed by atoms with Crippen LogP contribution in [0.1, 0.15) is 31.4 Å². The number of benzene rings is 1. The molecule has 2 heterocycles. The molecular formula is C20H26FN3O2S2. The maximum absolute atomic E-state index is 13.2. The highest BCUT2D eigenvalue weighted by atomic mass is 32.2. The molecule has 2 unspecified atom stereocenters. The number of likely N-dealkylation sites (tertiary alicyclic amines) is 1. The van der Waals surface area contributed by atoms with E-state index < -0.39 is 10.0 Å². The van der Waals surface area contributed by atoms with Crippen molar-refractivity contribution >= 4 is 21.4 Å². The van der Waals surface area contributed by atoms with Crippen molar-refractivity contribution in [2.75, 3.05) is 19.3 Å². The first-order chi connectivity index (χ1) is 13.4. The molecule has 0 spiro atoms. The Kier molecular flexibility index (Phi) is 5.83. The molecular weight excluding hydrogens is 397 g/mol. The molecule has 28 heavy (non-hydrogen) atoms. The lowest BCUT2D eigenvalue weighted by atomic mass is 9.85.